The Balaban J connectivity index is 2.31. The second-order valence-corrected chi connectivity index (χ2v) is 6.82. The van der Waals surface area contributed by atoms with Crippen molar-refractivity contribution in [3.63, 3.8) is 0 Å². The van der Waals surface area contributed by atoms with Crippen LogP contribution in [0, 0.1) is 6.92 Å². The third-order valence-corrected chi connectivity index (χ3v) is 3.98. The molecule has 1 unspecified atom stereocenters. The topological polar surface area (TPSA) is 29.5 Å². The van der Waals surface area contributed by atoms with Gasteiger partial charge in [0.1, 0.15) is 5.60 Å². The molecule has 3 heteroatoms. The van der Waals surface area contributed by atoms with Crippen molar-refractivity contribution in [2.45, 2.75) is 58.6 Å². The summed E-state index contributed by atoms with van der Waals surface area (Å²) < 4.78 is 5.57. The first-order valence-electron chi connectivity index (χ1n) is 7.31. The molecule has 1 aromatic carbocycles. The number of hydrogen-bond acceptors (Lipinski definition) is 2. The quantitative estimate of drug-likeness (QED) is 0.767. The average molecular weight is 275 g/mol. The zero-order valence-electron chi connectivity index (χ0n) is 13.2. The molecule has 20 heavy (non-hydrogen) atoms. The highest BCUT2D eigenvalue weighted by atomic mass is 16.6. The van der Waals surface area contributed by atoms with Crippen LogP contribution in [0.3, 0.4) is 0 Å². The van der Waals surface area contributed by atoms with Crippen molar-refractivity contribution in [3.05, 3.63) is 35.4 Å². The van der Waals surface area contributed by atoms with E-state index in [1.807, 2.05) is 37.8 Å². The predicted molar refractivity (Wildman–Crippen MR) is 80.7 cm³/mol. The van der Waals surface area contributed by atoms with Crippen LogP contribution in [0.25, 0.3) is 0 Å². The van der Waals surface area contributed by atoms with Crippen molar-refractivity contribution < 1.29 is 9.53 Å². The number of ether oxygens (including phenoxy) is 1. The summed E-state index contributed by atoms with van der Waals surface area (Å²) in [5.74, 6) is 0. The number of rotatable bonds is 1. The van der Waals surface area contributed by atoms with Crippen molar-refractivity contribution >= 4 is 6.09 Å². The highest BCUT2D eigenvalue weighted by molar-refractivity contribution is 5.70. The van der Waals surface area contributed by atoms with Crippen LogP contribution in [0.2, 0.25) is 0 Å². The van der Waals surface area contributed by atoms with E-state index in [9.17, 15) is 4.79 Å². The summed E-state index contributed by atoms with van der Waals surface area (Å²) in [6.07, 6.45) is 1.79. The molecular weight excluding hydrogens is 250 g/mol. The molecule has 3 nitrogen and oxygen atoms in total. The van der Waals surface area contributed by atoms with Crippen LogP contribution in [0.1, 0.15) is 51.7 Å². The molecule has 1 aromatic rings. The third-order valence-electron chi connectivity index (χ3n) is 3.98. The van der Waals surface area contributed by atoms with Crippen molar-refractivity contribution in [1.29, 1.82) is 0 Å². The zero-order valence-corrected chi connectivity index (χ0v) is 13.2. The normalized spacial score (nSPS) is 22.9. The molecule has 0 N–H and O–H groups in total. The van der Waals surface area contributed by atoms with E-state index < -0.39 is 5.60 Å². The van der Waals surface area contributed by atoms with E-state index in [2.05, 4.69) is 26.0 Å². The van der Waals surface area contributed by atoms with E-state index in [1.165, 1.54) is 11.1 Å². The SMILES string of the molecule is Cc1ccccc1C1(C)CCCN1C(=O)OC(C)(C)C. The average Bonchev–Trinajstić information content (AvgIpc) is 2.70. The molecule has 0 spiro atoms. The Bertz CT molecular complexity index is 504. The number of carbonyl (C=O) groups excluding carboxylic acids is 1. The Labute approximate surface area is 121 Å². The maximum Gasteiger partial charge on any atom is 0.411 e. The van der Waals surface area contributed by atoms with Crippen molar-refractivity contribution in [1.82, 2.24) is 4.90 Å². The first-order chi connectivity index (χ1) is 9.24. The fourth-order valence-corrected chi connectivity index (χ4v) is 3.03. The maximum absolute atomic E-state index is 12.5. The van der Waals surface area contributed by atoms with Gasteiger partial charge in [-0.2, -0.15) is 0 Å². The molecular formula is C17H25NO2. The van der Waals surface area contributed by atoms with E-state index in [4.69, 9.17) is 4.74 Å². The van der Waals surface area contributed by atoms with Crippen LogP contribution < -0.4 is 0 Å². The van der Waals surface area contributed by atoms with Gasteiger partial charge in [0.2, 0.25) is 0 Å². The summed E-state index contributed by atoms with van der Waals surface area (Å²) in [7, 11) is 0. The summed E-state index contributed by atoms with van der Waals surface area (Å²) >= 11 is 0. The van der Waals surface area contributed by atoms with Gasteiger partial charge in [-0.25, -0.2) is 4.79 Å². The lowest BCUT2D eigenvalue weighted by Crippen LogP contribution is -2.45. The Morgan fingerprint density at radius 3 is 2.55 bits per heavy atom. The summed E-state index contributed by atoms with van der Waals surface area (Å²) in [4.78, 5) is 14.4. The highest BCUT2D eigenvalue weighted by Gasteiger charge is 2.43. The third kappa shape index (κ3) is 2.82. The van der Waals surface area contributed by atoms with E-state index >= 15 is 0 Å². The molecule has 0 saturated carbocycles. The van der Waals surface area contributed by atoms with Crippen LogP contribution in [0.4, 0.5) is 4.79 Å². The molecule has 1 aliphatic rings. The molecule has 1 aliphatic heterocycles. The largest absolute Gasteiger partial charge is 0.444 e. The minimum Gasteiger partial charge on any atom is -0.444 e. The van der Waals surface area contributed by atoms with Crippen molar-refractivity contribution in [2.75, 3.05) is 6.54 Å². The number of nitrogens with zero attached hydrogens (tertiary/aromatic N) is 1. The van der Waals surface area contributed by atoms with Gasteiger partial charge in [0.25, 0.3) is 0 Å². The van der Waals surface area contributed by atoms with Gasteiger partial charge in [-0.3, -0.25) is 4.90 Å². The summed E-state index contributed by atoms with van der Waals surface area (Å²) in [5.41, 5.74) is 1.74. The predicted octanol–water partition coefficient (Wildman–Crippen LogP) is 4.24. The Morgan fingerprint density at radius 2 is 1.95 bits per heavy atom. The van der Waals surface area contributed by atoms with Gasteiger partial charge >= 0.3 is 6.09 Å². The smallest absolute Gasteiger partial charge is 0.411 e. The second-order valence-electron chi connectivity index (χ2n) is 6.82. The monoisotopic (exact) mass is 275 g/mol. The number of amides is 1. The number of carbonyl (C=O) groups is 1. The molecule has 110 valence electrons. The summed E-state index contributed by atoms with van der Waals surface area (Å²) in [5, 5.41) is 0. The Morgan fingerprint density at radius 1 is 1.30 bits per heavy atom. The molecule has 0 bridgehead atoms. The minimum absolute atomic E-state index is 0.208. The van der Waals surface area contributed by atoms with Crippen molar-refractivity contribution in [2.24, 2.45) is 0 Å². The van der Waals surface area contributed by atoms with Gasteiger partial charge < -0.3 is 4.74 Å². The van der Waals surface area contributed by atoms with Crippen LogP contribution in [-0.4, -0.2) is 23.1 Å². The van der Waals surface area contributed by atoms with Gasteiger partial charge in [-0.15, -0.1) is 0 Å². The molecule has 1 heterocycles. The van der Waals surface area contributed by atoms with E-state index in [1.54, 1.807) is 0 Å². The minimum atomic E-state index is -0.452. The summed E-state index contributed by atoms with van der Waals surface area (Å²) in [6.45, 7) is 10.7. The maximum atomic E-state index is 12.5. The zero-order chi connectivity index (χ0) is 15.0. The van der Waals surface area contributed by atoms with E-state index in [-0.39, 0.29) is 11.6 Å². The van der Waals surface area contributed by atoms with Gasteiger partial charge in [0, 0.05) is 6.54 Å². The Hall–Kier alpha value is -1.51. The first kappa shape index (κ1) is 14.9. The van der Waals surface area contributed by atoms with Crippen molar-refractivity contribution in [3.8, 4) is 0 Å². The standard InChI is InChI=1S/C17H25NO2/c1-13-9-6-7-10-14(13)17(5)11-8-12-18(17)15(19)20-16(2,3)4/h6-7,9-10H,8,11-12H2,1-5H3. The number of aryl methyl sites for hydroxylation is 1. The van der Waals surface area contributed by atoms with Gasteiger partial charge in [-0.1, -0.05) is 24.3 Å². The Kier molecular flexibility index (Phi) is 3.81. The molecule has 0 aliphatic carbocycles. The molecule has 0 aromatic heterocycles. The van der Waals surface area contributed by atoms with Gasteiger partial charge in [0.15, 0.2) is 0 Å². The lowest BCUT2D eigenvalue weighted by atomic mass is 9.86. The van der Waals surface area contributed by atoms with Crippen LogP contribution in [0.15, 0.2) is 24.3 Å². The number of likely N-dealkylation sites (tertiary alicyclic amines) is 1. The first-order valence-corrected chi connectivity index (χ1v) is 7.31. The fraction of sp³-hybridized carbons (Fsp3) is 0.588. The van der Waals surface area contributed by atoms with E-state index in [0.717, 1.165) is 19.4 Å². The molecule has 1 saturated heterocycles. The van der Waals surface area contributed by atoms with Gasteiger partial charge in [-0.05, 0) is 58.6 Å². The lowest BCUT2D eigenvalue weighted by Gasteiger charge is -2.37. The summed E-state index contributed by atoms with van der Waals surface area (Å²) in [6, 6.07) is 8.30. The molecule has 1 fully saturated rings. The number of benzene rings is 1. The second kappa shape index (κ2) is 5.12. The van der Waals surface area contributed by atoms with Crippen LogP contribution in [-0.2, 0) is 10.3 Å². The number of hydrogen-bond donors (Lipinski definition) is 0. The van der Waals surface area contributed by atoms with Gasteiger partial charge in [0.05, 0.1) is 5.54 Å². The fourth-order valence-electron chi connectivity index (χ4n) is 3.03. The van der Waals surface area contributed by atoms with E-state index in [0.29, 0.717) is 0 Å². The lowest BCUT2D eigenvalue weighted by molar-refractivity contribution is 0.00986. The van der Waals surface area contributed by atoms with Crippen LogP contribution in [0.5, 0.6) is 0 Å². The molecule has 2 rings (SSSR count). The molecule has 0 radical (unpaired) electrons. The highest BCUT2D eigenvalue weighted by Crippen LogP contribution is 2.40. The van der Waals surface area contributed by atoms with Crippen LogP contribution >= 0.6 is 0 Å². The molecule has 1 amide bonds. The molecule has 1 atom stereocenters.